The lowest BCUT2D eigenvalue weighted by molar-refractivity contribution is 0.242. The first-order chi connectivity index (χ1) is 9.74. The van der Waals surface area contributed by atoms with Crippen LogP contribution in [0.1, 0.15) is 25.8 Å². The number of ether oxygens (including phenoxy) is 1. The molecule has 2 rings (SSSR count). The van der Waals surface area contributed by atoms with E-state index in [1.165, 1.54) is 5.56 Å². The largest absolute Gasteiger partial charge is 0.491 e. The van der Waals surface area contributed by atoms with Gasteiger partial charge in [0.2, 0.25) is 0 Å². The van der Waals surface area contributed by atoms with Gasteiger partial charge in [0.1, 0.15) is 5.75 Å². The molecule has 1 N–H and O–H groups in total. The Labute approximate surface area is 121 Å². The topological polar surface area (TPSA) is 21.3 Å². The van der Waals surface area contributed by atoms with Gasteiger partial charge in [-0.1, -0.05) is 30.3 Å². The summed E-state index contributed by atoms with van der Waals surface area (Å²) in [5, 5.41) is 3.44. The summed E-state index contributed by atoms with van der Waals surface area (Å²) in [6.45, 7) is 5.06. The lowest BCUT2D eigenvalue weighted by atomic mass is 10.1. The summed E-state index contributed by atoms with van der Waals surface area (Å²) in [6.07, 6.45) is 2.47. The number of benzene rings is 2. The van der Waals surface area contributed by atoms with Gasteiger partial charge in [0.15, 0.2) is 0 Å². The minimum atomic E-state index is 0.222. The standard InChI is InChI=1S/C18H23NO/c1-15(2)20-18-12-10-17(11-13-18)19-14-6-9-16-7-4-3-5-8-16/h3-5,7-8,10-13,15,19H,6,9,14H2,1-2H3. The maximum Gasteiger partial charge on any atom is 0.119 e. The van der Waals surface area contributed by atoms with Crippen LogP contribution in [0.25, 0.3) is 0 Å². The molecule has 2 aromatic rings. The number of nitrogens with one attached hydrogen (secondary N) is 1. The van der Waals surface area contributed by atoms with Crippen molar-refractivity contribution in [2.45, 2.75) is 32.8 Å². The monoisotopic (exact) mass is 269 g/mol. The van der Waals surface area contributed by atoms with Crippen molar-refractivity contribution in [1.29, 1.82) is 0 Å². The van der Waals surface area contributed by atoms with Crippen molar-refractivity contribution in [1.82, 2.24) is 0 Å². The third-order valence-corrected chi connectivity index (χ3v) is 3.04. The lowest BCUT2D eigenvalue weighted by Crippen LogP contribution is -2.06. The molecule has 0 unspecified atom stereocenters. The van der Waals surface area contributed by atoms with Crippen molar-refractivity contribution < 1.29 is 4.74 Å². The Morgan fingerprint density at radius 3 is 2.30 bits per heavy atom. The summed E-state index contributed by atoms with van der Waals surface area (Å²) in [5.41, 5.74) is 2.55. The average Bonchev–Trinajstić information content (AvgIpc) is 2.46. The maximum atomic E-state index is 5.62. The summed E-state index contributed by atoms with van der Waals surface area (Å²) in [5.74, 6) is 0.926. The number of hydrogen-bond donors (Lipinski definition) is 1. The van der Waals surface area contributed by atoms with Crippen LogP contribution < -0.4 is 10.1 Å². The van der Waals surface area contributed by atoms with Crippen LogP contribution in [0, 0.1) is 0 Å². The minimum Gasteiger partial charge on any atom is -0.491 e. The van der Waals surface area contributed by atoms with Gasteiger partial charge in [0.25, 0.3) is 0 Å². The van der Waals surface area contributed by atoms with Crippen molar-refractivity contribution in [3.8, 4) is 5.75 Å². The zero-order chi connectivity index (χ0) is 14.2. The predicted octanol–water partition coefficient (Wildman–Crippen LogP) is 4.52. The minimum absolute atomic E-state index is 0.222. The molecule has 0 bridgehead atoms. The molecule has 20 heavy (non-hydrogen) atoms. The quantitative estimate of drug-likeness (QED) is 0.746. The van der Waals surface area contributed by atoms with Crippen LogP contribution in [0.4, 0.5) is 5.69 Å². The normalized spacial score (nSPS) is 10.6. The zero-order valence-corrected chi connectivity index (χ0v) is 12.3. The average molecular weight is 269 g/mol. The summed E-state index contributed by atoms with van der Waals surface area (Å²) in [7, 11) is 0. The highest BCUT2D eigenvalue weighted by molar-refractivity contribution is 5.46. The molecule has 0 aromatic heterocycles. The Kier molecular flexibility index (Phi) is 5.48. The Bertz CT molecular complexity index is 491. The van der Waals surface area contributed by atoms with E-state index >= 15 is 0 Å². The molecule has 0 atom stereocenters. The van der Waals surface area contributed by atoms with E-state index in [0.29, 0.717) is 0 Å². The van der Waals surface area contributed by atoms with E-state index in [1.807, 2.05) is 26.0 Å². The van der Waals surface area contributed by atoms with Crippen LogP contribution in [0.2, 0.25) is 0 Å². The molecular formula is C18H23NO. The van der Waals surface area contributed by atoms with Gasteiger partial charge in [0, 0.05) is 12.2 Å². The van der Waals surface area contributed by atoms with Gasteiger partial charge < -0.3 is 10.1 Å². The predicted molar refractivity (Wildman–Crippen MR) is 85.5 cm³/mol. The number of anilines is 1. The Hall–Kier alpha value is -1.96. The molecule has 0 spiro atoms. The van der Waals surface area contributed by atoms with Gasteiger partial charge in [-0.2, -0.15) is 0 Å². The van der Waals surface area contributed by atoms with Crippen LogP contribution in [0.3, 0.4) is 0 Å². The highest BCUT2D eigenvalue weighted by atomic mass is 16.5. The van der Waals surface area contributed by atoms with Crippen molar-refractivity contribution in [2.24, 2.45) is 0 Å². The van der Waals surface area contributed by atoms with E-state index < -0.39 is 0 Å². The summed E-state index contributed by atoms with van der Waals surface area (Å²) in [6, 6.07) is 18.8. The molecule has 2 nitrogen and oxygen atoms in total. The number of aryl methyl sites for hydroxylation is 1. The van der Waals surface area contributed by atoms with E-state index in [9.17, 15) is 0 Å². The van der Waals surface area contributed by atoms with E-state index in [-0.39, 0.29) is 6.10 Å². The second-order valence-corrected chi connectivity index (χ2v) is 5.21. The molecular weight excluding hydrogens is 246 g/mol. The summed E-state index contributed by atoms with van der Waals surface area (Å²) in [4.78, 5) is 0. The van der Waals surface area contributed by atoms with Gasteiger partial charge in [-0.05, 0) is 56.5 Å². The zero-order valence-electron chi connectivity index (χ0n) is 12.3. The molecule has 2 heteroatoms. The first kappa shape index (κ1) is 14.4. The fourth-order valence-electron chi connectivity index (χ4n) is 2.09. The van der Waals surface area contributed by atoms with Gasteiger partial charge in [-0.25, -0.2) is 0 Å². The molecule has 0 saturated heterocycles. The smallest absolute Gasteiger partial charge is 0.119 e. The second kappa shape index (κ2) is 7.59. The number of hydrogen-bond acceptors (Lipinski definition) is 2. The fraction of sp³-hybridized carbons (Fsp3) is 0.333. The number of rotatable bonds is 7. The third kappa shape index (κ3) is 4.96. The Morgan fingerprint density at radius 2 is 1.65 bits per heavy atom. The molecule has 0 amide bonds. The van der Waals surface area contributed by atoms with Crippen molar-refractivity contribution in [3.63, 3.8) is 0 Å². The molecule has 0 aliphatic heterocycles. The van der Waals surface area contributed by atoms with Crippen molar-refractivity contribution in [2.75, 3.05) is 11.9 Å². The van der Waals surface area contributed by atoms with Gasteiger partial charge in [-0.3, -0.25) is 0 Å². The van der Waals surface area contributed by atoms with E-state index in [0.717, 1.165) is 30.8 Å². The van der Waals surface area contributed by atoms with E-state index in [1.54, 1.807) is 0 Å². The molecule has 0 fully saturated rings. The molecule has 2 aromatic carbocycles. The highest BCUT2D eigenvalue weighted by Gasteiger charge is 1.98. The highest BCUT2D eigenvalue weighted by Crippen LogP contribution is 2.17. The van der Waals surface area contributed by atoms with Crippen LogP contribution in [-0.4, -0.2) is 12.6 Å². The lowest BCUT2D eigenvalue weighted by Gasteiger charge is -2.11. The first-order valence-corrected chi connectivity index (χ1v) is 7.28. The molecule has 0 aliphatic carbocycles. The molecule has 0 heterocycles. The third-order valence-electron chi connectivity index (χ3n) is 3.04. The molecule has 0 saturated carbocycles. The van der Waals surface area contributed by atoms with Crippen LogP contribution in [-0.2, 0) is 6.42 Å². The second-order valence-electron chi connectivity index (χ2n) is 5.21. The fourth-order valence-corrected chi connectivity index (χ4v) is 2.09. The Morgan fingerprint density at radius 1 is 0.950 bits per heavy atom. The van der Waals surface area contributed by atoms with E-state index in [4.69, 9.17) is 4.74 Å². The van der Waals surface area contributed by atoms with Crippen LogP contribution in [0.15, 0.2) is 54.6 Å². The van der Waals surface area contributed by atoms with Gasteiger partial charge in [0.05, 0.1) is 6.10 Å². The summed E-state index contributed by atoms with van der Waals surface area (Å²) < 4.78 is 5.62. The van der Waals surface area contributed by atoms with E-state index in [2.05, 4.69) is 47.8 Å². The van der Waals surface area contributed by atoms with Gasteiger partial charge >= 0.3 is 0 Å². The first-order valence-electron chi connectivity index (χ1n) is 7.28. The maximum absolute atomic E-state index is 5.62. The van der Waals surface area contributed by atoms with Crippen molar-refractivity contribution >= 4 is 5.69 Å². The SMILES string of the molecule is CC(C)Oc1ccc(NCCCc2ccccc2)cc1. The molecule has 0 radical (unpaired) electrons. The molecule has 0 aliphatic rings. The van der Waals surface area contributed by atoms with Crippen LogP contribution >= 0.6 is 0 Å². The Balaban J connectivity index is 1.71. The van der Waals surface area contributed by atoms with Crippen LogP contribution in [0.5, 0.6) is 5.75 Å². The summed E-state index contributed by atoms with van der Waals surface area (Å²) >= 11 is 0. The van der Waals surface area contributed by atoms with Gasteiger partial charge in [-0.15, -0.1) is 0 Å². The molecule has 106 valence electrons. The van der Waals surface area contributed by atoms with Crippen molar-refractivity contribution in [3.05, 3.63) is 60.2 Å².